The van der Waals surface area contributed by atoms with E-state index in [1.54, 1.807) is 35.2 Å². The second kappa shape index (κ2) is 6.18. The zero-order valence-electron chi connectivity index (χ0n) is 12.0. The van der Waals surface area contributed by atoms with E-state index in [2.05, 4.69) is 15.4 Å². The quantitative estimate of drug-likeness (QED) is 0.897. The van der Waals surface area contributed by atoms with Crippen LogP contribution in [0.1, 0.15) is 22.8 Å². The number of nitrogens with zero attached hydrogens (tertiary/aromatic N) is 4. The first-order valence-corrected chi connectivity index (χ1v) is 6.52. The van der Waals surface area contributed by atoms with Gasteiger partial charge in [0.2, 0.25) is 0 Å². The smallest absolute Gasteiger partial charge is 0.257 e. The Balaban J connectivity index is 2.14. The largest absolute Gasteiger partial charge is 0.385 e. The molecule has 0 aliphatic rings. The summed E-state index contributed by atoms with van der Waals surface area (Å²) >= 11 is 0. The highest BCUT2D eigenvalue weighted by atomic mass is 16.2. The number of nitrogens with one attached hydrogen (secondary N) is 1. The summed E-state index contributed by atoms with van der Waals surface area (Å²) in [6.45, 7) is 3.28. The summed E-state index contributed by atoms with van der Waals surface area (Å²) in [5, 5.41) is 7.28. The lowest BCUT2D eigenvalue weighted by Crippen LogP contribution is -2.27. The van der Waals surface area contributed by atoms with Crippen LogP contribution in [0.25, 0.3) is 0 Å². The standard InChI is InChI=1S/C14H19N5O/c1-4-16-13-5-6-15-8-12(13)14(20)18(2)9-11-7-17-19(3)10-11/h5-8,10H,4,9H2,1-3H3,(H,15,16). The number of hydrogen-bond donors (Lipinski definition) is 1. The monoisotopic (exact) mass is 273 g/mol. The highest BCUT2D eigenvalue weighted by Crippen LogP contribution is 2.16. The average Bonchev–Trinajstić information content (AvgIpc) is 2.84. The maximum Gasteiger partial charge on any atom is 0.257 e. The van der Waals surface area contributed by atoms with Gasteiger partial charge in [-0.2, -0.15) is 5.10 Å². The van der Waals surface area contributed by atoms with Gasteiger partial charge in [-0.05, 0) is 13.0 Å². The molecule has 20 heavy (non-hydrogen) atoms. The molecule has 2 heterocycles. The Labute approximate surface area is 118 Å². The van der Waals surface area contributed by atoms with E-state index in [0.717, 1.165) is 17.8 Å². The number of pyridine rings is 1. The van der Waals surface area contributed by atoms with Crippen LogP contribution in [0, 0.1) is 0 Å². The Kier molecular flexibility index (Phi) is 4.34. The predicted octanol–water partition coefficient (Wildman–Crippen LogP) is 1.52. The molecule has 2 rings (SSSR count). The fraction of sp³-hybridized carbons (Fsp3) is 0.357. The van der Waals surface area contributed by atoms with E-state index in [9.17, 15) is 4.79 Å². The summed E-state index contributed by atoms with van der Waals surface area (Å²) in [6.07, 6.45) is 6.94. The highest BCUT2D eigenvalue weighted by Gasteiger charge is 2.16. The van der Waals surface area contributed by atoms with Crippen molar-refractivity contribution in [1.29, 1.82) is 0 Å². The van der Waals surface area contributed by atoms with Gasteiger partial charge in [0.15, 0.2) is 0 Å². The SMILES string of the molecule is CCNc1ccncc1C(=O)N(C)Cc1cnn(C)c1. The van der Waals surface area contributed by atoms with E-state index >= 15 is 0 Å². The lowest BCUT2D eigenvalue weighted by Gasteiger charge is -2.18. The average molecular weight is 273 g/mol. The van der Waals surface area contributed by atoms with Crippen molar-refractivity contribution in [3.63, 3.8) is 0 Å². The second-order valence-electron chi connectivity index (χ2n) is 4.64. The molecular weight excluding hydrogens is 254 g/mol. The van der Waals surface area contributed by atoms with Gasteiger partial charge in [0, 0.05) is 51.3 Å². The fourth-order valence-electron chi connectivity index (χ4n) is 2.01. The molecule has 6 nitrogen and oxygen atoms in total. The van der Waals surface area contributed by atoms with Gasteiger partial charge in [-0.1, -0.05) is 0 Å². The van der Waals surface area contributed by atoms with Gasteiger partial charge in [-0.3, -0.25) is 14.5 Å². The van der Waals surface area contributed by atoms with Crippen molar-refractivity contribution in [3.8, 4) is 0 Å². The third-order valence-electron chi connectivity index (χ3n) is 2.94. The number of carbonyl (C=O) groups excluding carboxylic acids is 1. The van der Waals surface area contributed by atoms with Crippen molar-refractivity contribution in [2.75, 3.05) is 18.9 Å². The Bertz CT molecular complexity index is 593. The first kappa shape index (κ1) is 14.0. The molecule has 0 bridgehead atoms. The van der Waals surface area contributed by atoms with Crippen LogP contribution in [-0.2, 0) is 13.6 Å². The van der Waals surface area contributed by atoms with Crippen LogP contribution in [0.2, 0.25) is 0 Å². The minimum Gasteiger partial charge on any atom is -0.385 e. The highest BCUT2D eigenvalue weighted by molar-refractivity contribution is 5.99. The molecule has 0 saturated heterocycles. The predicted molar refractivity (Wildman–Crippen MR) is 77.4 cm³/mol. The molecule has 0 aliphatic heterocycles. The summed E-state index contributed by atoms with van der Waals surface area (Å²) in [7, 11) is 3.63. The number of rotatable bonds is 5. The van der Waals surface area contributed by atoms with E-state index in [4.69, 9.17) is 0 Å². The normalized spacial score (nSPS) is 10.3. The van der Waals surface area contributed by atoms with Gasteiger partial charge in [0.1, 0.15) is 0 Å². The lowest BCUT2D eigenvalue weighted by atomic mass is 10.2. The van der Waals surface area contributed by atoms with Gasteiger partial charge in [-0.25, -0.2) is 0 Å². The third kappa shape index (κ3) is 3.14. The van der Waals surface area contributed by atoms with Crippen LogP contribution in [0.5, 0.6) is 0 Å². The van der Waals surface area contributed by atoms with E-state index in [1.807, 2.05) is 26.2 Å². The molecule has 0 unspecified atom stereocenters. The summed E-state index contributed by atoms with van der Waals surface area (Å²) in [4.78, 5) is 18.2. The van der Waals surface area contributed by atoms with Crippen LogP contribution in [0.4, 0.5) is 5.69 Å². The molecule has 1 N–H and O–H groups in total. The van der Waals surface area contributed by atoms with Crippen LogP contribution < -0.4 is 5.32 Å². The van der Waals surface area contributed by atoms with Crippen molar-refractivity contribution in [2.45, 2.75) is 13.5 Å². The summed E-state index contributed by atoms with van der Waals surface area (Å²) < 4.78 is 1.72. The molecule has 2 aromatic heterocycles. The zero-order valence-corrected chi connectivity index (χ0v) is 12.0. The fourth-order valence-corrected chi connectivity index (χ4v) is 2.01. The first-order valence-electron chi connectivity index (χ1n) is 6.52. The molecule has 0 fully saturated rings. The molecule has 0 saturated carbocycles. The van der Waals surface area contributed by atoms with Gasteiger partial charge in [-0.15, -0.1) is 0 Å². The summed E-state index contributed by atoms with van der Waals surface area (Å²) in [6, 6.07) is 1.81. The van der Waals surface area contributed by atoms with E-state index in [1.165, 1.54) is 0 Å². The number of carbonyl (C=O) groups is 1. The molecule has 0 radical (unpaired) electrons. The molecule has 6 heteroatoms. The van der Waals surface area contributed by atoms with Crippen LogP contribution in [0.3, 0.4) is 0 Å². The topological polar surface area (TPSA) is 63.1 Å². The van der Waals surface area contributed by atoms with Crippen LogP contribution >= 0.6 is 0 Å². The Morgan fingerprint density at radius 3 is 2.90 bits per heavy atom. The van der Waals surface area contributed by atoms with Crippen molar-refractivity contribution in [1.82, 2.24) is 19.7 Å². The first-order chi connectivity index (χ1) is 9.61. The Hall–Kier alpha value is -2.37. The van der Waals surface area contributed by atoms with Crippen LogP contribution in [-0.4, -0.2) is 39.2 Å². The summed E-state index contributed by atoms with van der Waals surface area (Å²) in [5.74, 6) is -0.0575. The second-order valence-corrected chi connectivity index (χ2v) is 4.64. The molecule has 106 valence electrons. The summed E-state index contributed by atoms with van der Waals surface area (Å²) in [5.41, 5.74) is 2.39. The number of aryl methyl sites for hydroxylation is 1. The molecule has 0 aliphatic carbocycles. The maximum atomic E-state index is 12.5. The lowest BCUT2D eigenvalue weighted by molar-refractivity contribution is 0.0785. The third-order valence-corrected chi connectivity index (χ3v) is 2.94. The Morgan fingerprint density at radius 2 is 2.25 bits per heavy atom. The van der Waals surface area contributed by atoms with Gasteiger partial charge < -0.3 is 10.2 Å². The van der Waals surface area contributed by atoms with E-state index in [0.29, 0.717) is 12.1 Å². The number of hydrogen-bond acceptors (Lipinski definition) is 4. The molecule has 0 aromatic carbocycles. The minimum absolute atomic E-state index is 0.0575. The molecular formula is C14H19N5O. The van der Waals surface area contributed by atoms with Gasteiger partial charge >= 0.3 is 0 Å². The maximum absolute atomic E-state index is 12.5. The van der Waals surface area contributed by atoms with Crippen molar-refractivity contribution in [2.24, 2.45) is 7.05 Å². The molecule has 0 spiro atoms. The van der Waals surface area contributed by atoms with Crippen molar-refractivity contribution < 1.29 is 4.79 Å². The van der Waals surface area contributed by atoms with Crippen molar-refractivity contribution in [3.05, 3.63) is 42.0 Å². The van der Waals surface area contributed by atoms with Crippen molar-refractivity contribution >= 4 is 11.6 Å². The van der Waals surface area contributed by atoms with E-state index < -0.39 is 0 Å². The number of amides is 1. The molecule has 0 atom stereocenters. The van der Waals surface area contributed by atoms with E-state index in [-0.39, 0.29) is 5.91 Å². The zero-order chi connectivity index (χ0) is 14.5. The van der Waals surface area contributed by atoms with Gasteiger partial charge in [0.25, 0.3) is 5.91 Å². The minimum atomic E-state index is -0.0575. The molecule has 2 aromatic rings. The molecule has 1 amide bonds. The van der Waals surface area contributed by atoms with Gasteiger partial charge in [0.05, 0.1) is 17.4 Å². The number of anilines is 1. The Morgan fingerprint density at radius 1 is 1.45 bits per heavy atom. The van der Waals surface area contributed by atoms with Crippen LogP contribution in [0.15, 0.2) is 30.9 Å². The number of aromatic nitrogens is 3.